The third-order valence-corrected chi connectivity index (χ3v) is 5.83. The van der Waals surface area contributed by atoms with Crippen LogP contribution in [-0.2, 0) is 4.87 Å². The van der Waals surface area contributed by atoms with Crippen LogP contribution < -0.4 is 4.74 Å². The Kier molecular flexibility index (Phi) is 3.72. The number of nitrogens with zero attached hydrogens (tertiary/aromatic N) is 2. The SMILES string of the molecule is CCN1N=C(c2cc(F)ccc2F)SC12CCOc1ccccc12. The first-order chi connectivity index (χ1) is 11.6. The van der Waals surface area contributed by atoms with E-state index in [0.717, 1.165) is 29.9 Å². The Bertz CT molecular complexity index is 826. The summed E-state index contributed by atoms with van der Waals surface area (Å²) in [5.41, 5.74) is 1.23. The minimum absolute atomic E-state index is 0.208. The molecule has 2 aromatic carbocycles. The normalized spacial score (nSPS) is 22.3. The summed E-state index contributed by atoms with van der Waals surface area (Å²) in [6.45, 7) is 3.24. The highest BCUT2D eigenvalue weighted by molar-refractivity contribution is 8.15. The van der Waals surface area contributed by atoms with Crippen LogP contribution >= 0.6 is 11.8 Å². The molecule has 3 nitrogen and oxygen atoms in total. The Balaban J connectivity index is 1.80. The van der Waals surface area contributed by atoms with Gasteiger partial charge in [0.1, 0.15) is 27.3 Å². The zero-order valence-corrected chi connectivity index (χ0v) is 13.9. The molecule has 2 aromatic rings. The van der Waals surface area contributed by atoms with Crippen LogP contribution in [0, 0.1) is 11.6 Å². The van der Waals surface area contributed by atoms with Crippen molar-refractivity contribution in [1.29, 1.82) is 0 Å². The van der Waals surface area contributed by atoms with Gasteiger partial charge in [-0.15, -0.1) is 0 Å². The second-order valence-electron chi connectivity index (χ2n) is 5.73. The Morgan fingerprint density at radius 3 is 2.92 bits per heavy atom. The lowest BCUT2D eigenvalue weighted by Crippen LogP contribution is -2.41. The van der Waals surface area contributed by atoms with E-state index < -0.39 is 16.5 Å². The third-order valence-electron chi connectivity index (χ3n) is 4.36. The van der Waals surface area contributed by atoms with Crippen LogP contribution in [0.15, 0.2) is 47.6 Å². The molecule has 0 saturated carbocycles. The Hall–Kier alpha value is -2.08. The van der Waals surface area contributed by atoms with Crippen molar-refractivity contribution >= 4 is 16.8 Å². The van der Waals surface area contributed by atoms with Crippen molar-refractivity contribution in [3.05, 3.63) is 65.2 Å². The predicted molar refractivity (Wildman–Crippen MR) is 91.1 cm³/mol. The lowest BCUT2D eigenvalue weighted by atomic mass is 9.99. The van der Waals surface area contributed by atoms with Crippen molar-refractivity contribution in [1.82, 2.24) is 5.01 Å². The molecule has 0 bridgehead atoms. The van der Waals surface area contributed by atoms with Crippen LogP contribution in [0.4, 0.5) is 8.78 Å². The molecule has 1 spiro atoms. The molecule has 0 aromatic heterocycles. The van der Waals surface area contributed by atoms with Gasteiger partial charge in [-0.25, -0.2) is 8.78 Å². The number of hydrogen-bond acceptors (Lipinski definition) is 4. The molecule has 0 saturated heterocycles. The first-order valence-electron chi connectivity index (χ1n) is 7.87. The molecular formula is C18H16F2N2OS. The van der Waals surface area contributed by atoms with E-state index >= 15 is 0 Å². The maximum Gasteiger partial charge on any atom is 0.141 e. The number of benzene rings is 2. The fourth-order valence-electron chi connectivity index (χ4n) is 3.24. The number of thioether (sulfide) groups is 1. The molecule has 0 aliphatic carbocycles. The molecule has 2 aliphatic heterocycles. The van der Waals surface area contributed by atoms with Crippen molar-refractivity contribution in [3.8, 4) is 5.75 Å². The zero-order chi connectivity index (χ0) is 16.7. The largest absolute Gasteiger partial charge is 0.493 e. The van der Waals surface area contributed by atoms with Crippen LogP contribution in [-0.4, -0.2) is 23.2 Å². The molecule has 4 rings (SSSR count). The summed E-state index contributed by atoms with van der Waals surface area (Å²) in [5, 5.41) is 7.07. The number of rotatable bonds is 2. The van der Waals surface area contributed by atoms with E-state index in [-0.39, 0.29) is 5.56 Å². The second kappa shape index (κ2) is 5.77. The molecular weight excluding hydrogens is 330 g/mol. The van der Waals surface area contributed by atoms with E-state index in [0.29, 0.717) is 18.2 Å². The quantitative estimate of drug-likeness (QED) is 0.809. The van der Waals surface area contributed by atoms with Crippen LogP contribution in [0.25, 0.3) is 0 Å². The molecule has 0 radical (unpaired) electrons. The summed E-state index contributed by atoms with van der Waals surface area (Å²) in [6.07, 6.45) is 0.729. The zero-order valence-electron chi connectivity index (χ0n) is 13.1. The summed E-state index contributed by atoms with van der Waals surface area (Å²) in [7, 11) is 0. The summed E-state index contributed by atoms with van der Waals surface area (Å²) >= 11 is 1.47. The van der Waals surface area contributed by atoms with E-state index in [9.17, 15) is 8.78 Å². The van der Waals surface area contributed by atoms with E-state index in [4.69, 9.17) is 4.74 Å². The number of halogens is 2. The van der Waals surface area contributed by atoms with Gasteiger partial charge >= 0.3 is 0 Å². The van der Waals surface area contributed by atoms with E-state index in [1.165, 1.54) is 17.8 Å². The highest BCUT2D eigenvalue weighted by Crippen LogP contribution is 2.53. The van der Waals surface area contributed by atoms with E-state index in [2.05, 4.69) is 5.10 Å². The molecule has 2 aliphatic rings. The highest BCUT2D eigenvalue weighted by atomic mass is 32.2. The Labute approximate surface area is 143 Å². The molecule has 0 fully saturated rings. The van der Waals surface area contributed by atoms with Crippen molar-refractivity contribution in [3.63, 3.8) is 0 Å². The van der Waals surface area contributed by atoms with Crippen LogP contribution in [0.2, 0.25) is 0 Å². The van der Waals surface area contributed by atoms with Gasteiger partial charge in [0.15, 0.2) is 0 Å². The fourth-order valence-corrected chi connectivity index (χ4v) is 4.71. The monoisotopic (exact) mass is 346 g/mol. The van der Waals surface area contributed by atoms with Gasteiger partial charge in [0.05, 0.1) is 6.61 Å². The average molecular weight is 346 g/mol. The summed E-state index contributed by atoms with van der Waals surface area (Å²) < 4.78 is 33.5. The first-order valence-corrected chi connectivity index (χ1v) is 8.68. The topological polar surface area (TPSA) is 24.8 Å². The van der Waals surface area contributed by atoms with Crippen LogP contribution in [0.5, 0.6) is 5.75 Å². The van der Waals surface area contributed by atoms with Crippen LogP contribution in [0.1, 0.15) is 24.5 Å². The van der Waals surface area contributed by atoms with Gasteiger partial charge in [0.2, 0.25) is 0 Å². The second-order valence-corrected chi connectivity index (χ2v) is 6.99. The maximum absolute atomic E-state index is 14.2. The molecule has 2 heterocycles. The van der Waals surface area contributed by atoms with Crippen molar-refractivity contribution in [2.24, 2.45) is 5.10 Å². The summed E-state index contributed by atoms with van der Waals surface area (Å²) in [6, 6.07) is 11.3. The van der Waals surface area contributed by atoms with Crippen molar-refractivity contribution in [2.45, 2.75) is 18.2 Å². The average Bonchev–Trinajstić information content (AvgIpc) is 2.96. The number of ether oxygens (including phenoxy) is 1. The first kappa shape index (κ1) is 15.4. The van der Waals surface area contributed by atoms with Gasteiger partial charge in [-0.3, -0.25) is 5.01 Å². The third kappa shape index (κ3) is 2.28. The van der Waals surface area contributed by atoms with Crippen molar-refractivity contribution in [2.75, 3.05) is 13.2 Å². The molecule has 1 unspecified atom stereocenters. The lowest BCUT2D eigenvalue weighted by Gasteiger charge is -2.40. The van der Waals surface area contributed by atoms with Gasteiger partial charge in [-0.1, -0.05) is 30.0 Å². The molecule has 6 heteroatoms. The van der Waals surface area contributed by atoms with E-state index in [1.54, 1.807) is 0 Å². The molecule has 1 atom stereocenters. The molecule has 0 amide bonds. The fraction of sp³-hybridized carbons (Fsp3) is 0.278. The number of para-hydroxylation sites is 1. The van der Waals surface area contributed by atoms with Crippen molar-refractivity contribution < 1.29 is 13.5 Å². The lowest BCUT2D eigenvalue weighted by molar-refractivity contribution is 0.129. The van der Waals surface area contributed by atoms with Gasteiger partial charge in [-0.2, -0.15) is 5.10 Å². The smallest absolute Gasteiger partial charge is 0.141 e. The minimum Gasteiger partial charge on any atom is -0.493 e. The molecule has 24 heavy (non-hydrogen) atoms. The Morgan fingerprint density at radius 2 is 2.08 bits per heavy atom. The highest BCUT2D eigenvalue weighted by Gasteiger charge is 2.48. The van der Waals surface area contributed by atoms with Gasteiger partial charge in [-0.05, 0) is 31.2 Å². The number of hydrazone groups is 1. The van der Waals surface area contributed by atoms with Crippen LogP contribution in [0.3, 0.4) is 0 Å². The summed E-state index contributed by atoms with van der Waals surface area (Å²) in [5.74, 6) is -0.104. The standard InChI is InChI=1S/C18H16F2N2OS/c1-2-22-18(9-10-23-16-6-4-3-5-14(16)18)24-17(21-22)13-11-12(19)7-8-15(13)20/h3-8,11H,2,9-10H2,1H3. The minimum atomic E-state index is -0.467. The van der Waals surface area contributed by atoms with Gasteiger partial charge < -0.3 is 4.74 Å². The van der Waals surface area contributed by atoms with E-state index in [1.807, 2.05) is 36.2 Å². The molecule has 0 N–H and O–H groups in total. The molecule has 124 valence electrons. The van der Waals surface area contributed by atoms with Gasteiger partial charge in [0, 0.05) is 24.1 Å². The number of hydrogen-bond donors (Lipinski definition) is 0. The number of fused-ring (bicyclic) bond motifs is 2. The Morgan fingerprint density at radius 1 is 1.25 bits per heavy atom. The van der Waals surface area contributed by atoms with Gasteiger partial charge in [0.25, 0.3) is 0 Å². The predicted octanol–water partition coefficient (Wildman–Crippen LogP) is 4.33. The summed E-state index contributed by atoms with van der Waals surface area (Å²) in [4.78, 5) is -0.433. The maximum atomic E-state index is 14.2.